The Morgan fingerprint density at radius 3 is 1.35 bits per heavy atom. The predicted octanol–water partition coefficient (Wildman–Crippen LogP) is 7.29. The quantitative estimate of drug-likeness (QED) is 0.176. The zero-order chi connectivity index (χ0) is 32.5. The molecule has 48 heavy (non-hydrogen) atoms. The SMILES string of the molecule is Cc1ccccc1[Si](C1=c2ccccc2=CC1(C)c1cccc2ccccc12)C1=c2ccccc2=CC1(C)c1cccc2ccccc12. The minimum atomic E-state index is -1.60. The Hall–Kier alpha value is -5.24. The summed E-state index contributed by atoms with van der Waals surface area (Å²) >= 11 is 0. The molecule has 0 bridgehead atoms. The number of benzene rings is 7. The van der Waals surface area contributed by atoms with Crippen molar-refractivity contribution >= 4 is 58.1 Å². The van der Waals surface area contributed by atoms with Crippen molar-refractivity contribution in [1.82, 2.24) is 0 Å². The lowest BCUT2D eigenvalue weighted by atomic mass is 9.80. The fourth-order valence-electron chi connectivity index (χ4n) is 8.84. The van der Waals surface area contributed by atoms with Gasteiger partial charge in [-0.1, -0.05) is 186 Å². The lowest BCUT2D eigenvalue weighted by Crippen LogP contribution is -2.49. The van der Waals surface area contributed by atoms with Crippen molar-refractivity contribution in [2.45, 2.75) is 31.6 Å². The van der Waals surface area contributed by atoms with Crippen LogP contribution in [0.15, 0.2) is 158 Å². The zero-order valence-electron chi connectivity index (χ0n) is 27.7. The molecule has 0 fully saturated rings. The second-order valence-electron chi connectivity index (χ2n) is 13.9. The topological polar surface area (TPSA) is 0 Å². The molecule has 0 N–H and O–H groups in total. The van der Waals surface area contributed by atoms with Crippen LogP contribution in [-0.4, -0.2) is 8.80 Å². The van der Waals surface area contributed by atoms with Gasteiger partial charge in [-0.25, -0.2) is 0 Å². The Kier molecular flexibility index (Phi) is 6.57. The lowest BCUT2D eigenvalue weighted by molar-refractivity contribution is 0.847. The first kappa shape index (κ1) is 28.9. The smallest absolute Gasteiger partial charge is 0.0626 e. The summed E-state index contributed by atoms with van der Waals surface area (Å²) in [5.41, 5.74) is 3.49. The maximum absolute atomic E-state index is 2.57. The third-order valence-corrected chi connectivity index (χ3v) is 14.7. The van der Waals surface area contributed by atoms with E-state index in [0.717, 1.165) is 0 Å². The van der Waals surface area contributed by atoms with Gasteiger partial charge in [-0.3, -0.25) is 0 Å². The van der Waals surface area contributed by atoms with Gasteiger partial charge in [0.2, 0.25) is 0 Å². The van der Waals surface area contributed by atoms with Crippen molar-refractivity contribution in [2.75, 3.05) is 0 Å². The molecule has 0 aliphatic heterocycles. The van der Waals surface area contributed by atoms with E-state index in [1.807, 2.05) is 0 Å². The first-order valence-electron chi connectivity index (χ1n) is 17.0. The van der Waals surface area contributed by atoms with Crippen molar-refractivity contribution < 1.29 is 0 Å². The molecule has 2 unspecified atom stereocenters. The first-order valence-corrected chi connectivity index (χ1v) is 18.5. The molecule has 0 aromatic heterocycles. The van der Waals surface area contributed by atoms with Crippen LogP contribution in [0.5, 0.6) is 0 Å². The van der Waals surface area contributed by atoms with Crippen LogP contribution >= 0.6 is 0 Å². The molecule has 1 radical (unpaired) electrons. The van der Waals surface area contributed by atoms with E-state index in [1.165, 1.54) is 64.3 Å². The summed E-state index contributed by atoms with van der Waals surface area (Å²) in [6.45, 7) is 7.31. The van der Waals surface area contributed by atoms with Crippen molar-refractivity contribution in [1.29, 1.82) is 0 Å². The lowest BCUT2D eigenvalue weighted by Gasteiger charge is -2.39. The minimum Gasteiger partial charge on any atom is -0.0626 e. The Bertz CT molecular complexity index is 2510. The Labute approximate surface area is 284 Å². The third-order valence-electron chi connectivity index (χ3n) is 11.0. The Balaban J connectivity index is 1.45. The maximum atomic E-state index is 2.57. The highest BCUT2D eigenvalue weighted by atomic mass is 28.3. The molecule has 2 aliphatic carbocycles. The highest BCUT2D eigenvalue weighted by molar-refractivity contribution is 7.02. The fraction of sp³-hybridized carbons (Fsp3) is 0.106. The van der Waals surface area contributed by atoms with E-state index < -0.39 is 8.80 Å². The number of hydrogen-bond acceptors (Lipinski definition) is 0. The number of rotatable bonds is 5. The number of fused-ring (bicyclic) bond motifs is 4. The molecule has 0 spiro atoms. The summed E-state index contributed by atoms with van der Waals surface area (Å²) in [4.78, 5) is 0. The second kappa shape index (κ2) is 10.9. The predicted molar refractivity (Wildman–Crippen MR) is 206 cm³/mol. The van der Waals surface area contributed by atoms with E-state index in [4.69, 9.17) is 0 Å². The highest BCUT2D eigenvalue weighted by Gasteiger charge is 2.47. The third kappa shape index (κ3) is 4.21. The van der Waals surface area contributed by atoms with Gasteiger partial charge in [-0.2, -0.15) is 0 Å². The summed E-state index contributed by atoms with van der Waals surface area (Å²) in [5.74, 6) is 0. The van der Waals surface area contributed by atoms with Gasteiger partial charge in [0.1, 0.15) is 8.80 Å². The summed E-state index contributed by atoms with van der Waals surface area (Å²) in [5, 5.41) is 15.3. The van der Waals surface area contributed by atoms with Gasteiger partial charge in [0.25, 0.3) is 0 Å². The van der Waals surface area contributed by atoms with Crippen LogP contribution in [-0.2, 0) is 10.8 Å². The molecule has 2 aliphatic rings. The summed E-state index contributed by atoms with van der Waals surface area (Å²) in [6, 6.07) is 59.1. The maximum Gasteiger partial charge on any atom is 0.150 e. The van der Waals surface area contributed by atoms with Gasteiger partial charge >= 0.3 is 0 Å². The van der Waals surface area contributed by atoms with Crippen LogP contribution in [0.2, 0.25) is 0 Å². The van der Waals surface area contributed by atoms with Crippen molar-refractivity contribution in [3.05, 3.63) is 195 Å². The van der Waals surface area contributed by atoms with Crippen LogP contribution < -0.4 is 26.1 Å². The van der Waals surface area contributed by atoms with E-state index in [9.17, 15) is 0 Å². The van der Waals surface area contributed by atoms with E-state index in [2.05, 4.69) is 191 Å². The molecular formula is C47H37Si. The molecule has 7 aromatic carbocycles. The molecule has 1 heteroatoms. The van der Waals surface area contributed by atoms with Crippen LogP contribution in [0.25, 0.3) is 44.1 Å². The minimum absolute atomic E-state index is 0.314. The van der Waals surface area contributed by atoms with Crippen molar-refractivity contribution in [2.24, 2.45) is 0 Å². The fourth-order valence-corrected chi connectivity index (χ4v) is 12.8. The molecule has 0 saturated heterocycles. The summed E-state index contributed by atoms with van der Waals surface area (Å²) in [7, 11) is -1.60. The molecule has 0 heterocycles. The van der Waals surface area contributed by atoms with Gasteiger partial charge in [-0.15, -0.1) is 0 Å². The van der Waals surface area contributed by atoms with E-state index >= 15 is 0 Å². The molecule has 0 saturated carbocycles. The van der Waals surface area contributed by atoms with E-state index in [1.54, 1.807) is 10.4 Å². The molecule has 2 atom stereocenters. The van der Waals surface area contributed by atoms with Crippen molar-refractivity contribution in [3.8, 4) is 0 Å². The molecule has 0 nitrogen and oxygen atoms in total. The molecule has 229 valence electrons. The largest absolute Gasteiger partial charge is 0.150 e. The summed E-state index contributed by atoms with van der Waals surface area (Å²) < 4.78 is 0. The first-order chi connectivity index (χ1) is 23.5. The van der Waals surface area contributed by atoms with Gasteiger partial charge in [0.05, 0.1) is 0 Å². The standard InChI is InChI=1S/C47H37Si/c1-32-16-4-13-29-43(32)48(44-39-25-11-7-19-35(39)30-46(44,2)41-27-14-21-33-17-5-9-23-37(33)41)45-40-26-12-8-20-36(40)31-47(45,3)42-28-15-22-34-18-6-10-24-38(34)42/h4-31H,1-3H3. The Morgan fingerprint density at radius 1 is 0.417 bits per heavy atom. The van der Waals surface area contributed by atoms with Crippen molar-refractivity contribution in [3.63, 3.8) is 0 Å². The van der Waals surface area contributed by atoms with Gasteiger partial charge in [0.15, 0.2) is 0 Å². The number of hydrogen-bond donors (Lipinski definition) is 0. The summed E-state index contributed by atoms with van der Waals surface area (Å²) in [6.07, 6.45) is 5.14. The normalized spacial score (nSPS) is 19.8. The molecule has 7 aromatic rings. The van der Waals surface area contributed by atoms with Gasteiger partial charge in [0, 0.05) is 10.8 Å². The van der Waals surface area contributed by atoms with Crippen LogP contribution in [0, 0.1) is 6.92 Å². The molecule has 0 amide bonds. The van der Waals surface area contributed by atoms with Gasteiger partial charge in [-0.05, 0) is 79.5 Å². The zero-order valence-corrected chi connectivity index (χ0v) is 28.7. The molecule has 9 rings (SSSR count). The van der Waals surface area contributed by atoms with Crippen LogP contribution in [0.3, 0.4) is 0 Å². The van der Waals surface area contributed by atoms with Gasteiger partial charge < -0.3 is 0 Å². The number of aryl methyl sites for hydroxylation is 1. The Morgan fingerprint density at radius 2 is 0.833 bits per heavy atom. The van der Waals surface area contributed by atoms with Crippen LogP contribution in [0.1, 0.15) is 30.5 Å². The van der Waals surface area contributed by atoms with E-state index in [-0.39, 0.29) is 10.8 Å². The molecular weight excluding hydrogens is 593 g/mol. The average molecular weight is 630 g/mol. The van der Waals surface area contributed by atoms with Crippen LogP contribution in [0.4, 0.5) is 0 Å². The average Bonchev–Trinajstić information content (AvgIpc) is 3.60. The second-order valence-corrected chi connectivity index (χ2v) is 16.1. The monoisotopic (exact) mass is 629 g/mol. The van der Waals surface area contributed by atoms with E-state index in [0.29, 0.717) is 0 Å². The highest BCUT2D eigenvalue weighted by Crippen LogP contribution is 2.47.